The molecule has 0 saturated carbocycles. The number of hydrogen-bond acceptors (Lipinski definition) is 2. The first kappa shape index (κ1) is 21.6. The van der Waals surface area contributed by atoms with Crippen LogP contribution in [0.1, 0.15) is 59.8 Å². The van der Waals surface area contributed by atoms with Crippen LogP contribution in [0.5, 0.6) is 0 Å². The summed E-state index contributed by atoms with van der Waals surface area (Å²) in [5.41, 5.74) is 12.5. The van der Waals surface area contributed by atoms with Crippen molar-refractivity contribution in [2.45, 2.75) is 59.8 Å². The Labute approximate surface area is 145 Å². The maximum absolute atomic E-state index is 11.1. The highest BCUT2D eigenvalue weighted by molar-refractivity contribution is 7.99. The van der Waals surface area contributed by atoms with Crippen molar-refractivity contribution in [1.29, 1.82) is 0 Å². The summed E-state index contributed by atoms with van der Waals surface area (Å²) in [5, 5.41) is 0. The van der Waals surface area contributed by atoms with Gasteiger partial charge in [-0.1, -0.05) is 34.9 Å². The zero-order valence-electron chi connectivity index (χ0n) is 15.0. The van der Waals surface area contributed by atoms with Gasteiger partial charge in [0.2, 0.25) is 5.78 Å². The van der Waals surface area contributed by atoms with Crippen LogP contribution in [-0.2, 0) is 4.79 Å². The van der Waals surface area contributed by atoms with Crippen LogP contribution in [0.15, 0.2) is 34.9 Å². The van der Waals surface area contributed by atoms with Crippen molar-refractivity contribution in [3.05, 3.63) is 40.5 Å². The van der Waals surface area contributed by atoms with Crippen molar-refractivity contribution >= 4 is 23.8 Å². The van der Waals surface area contributed by atoms with Crippen LogP contribution in [0.4, 0.5) is 0 Å². The predicted octanol–water partition coefficient (Wildman–Crippen LogP) is 5.40. The minimum Gasteiger partial charge on any atom is -0.361 e. The van der Waals surface area contributed by atoms with Gasteiger partial charge in [-0.25, -0.2) is 0 Å². The predicted molar refractivity (Wildman–Crippen MR) is 102 cm³/mol. The second-order valence-electron chi connectivity index (χ2n) is 6.00. The average Bonchev–Trinajstić information content (AvgIpc) is 2.46. The first-order valence-electron chi connectivity index (χ1n) is 8.18. The Bertz CT molecular complexity index is 493. The molecule has 4 heteroatoms. The summed E-state index contributed by atoms with van der Waals surface area (Å²) >= 11 is 1.73. The summed E-state index contributed by atoms with van der Waals surface area (Å²) in [6, 6.07) is 0. The Kier molecular flexibility index (Phi) is 13.4. The van der Waals surface area contributed by atoms with Gasteiger partial charge in [0.25, 0.3) is 0 Å². The second-order valence-corrected chi connectivity index (χ2v) is 7.15. The molecule has 0 radical (unpaired) electrons. The van der Waals surface area contributed by atoms with Gasteiger partial charge >= 0.3 is 6.21 Å². The molecule has 0 amide bonds. The molecule has 3 nitrogen and oxygen atoms in total. The summed E-state index contributed by atoms with van der Waals surface area (Å²) < 4.78 is 0. The molecule has 0 aliphatic carbocycles. The number of ketones is 1. The summed E-state index contributed by atoms with van der Waals surface area (Å²) in [5.74, 6) is 1.56. The fourth-order valence-electron chi connectivity index (χ4n) is 1.93. The Morgan fingerprint density at radius 2 is 1.57 bits per heavy atom. The molecule has 0 unspecified atom stereocenters. The number of nitrogens with zero attached hydrogens (tertiary/aromatic N) is 2. The molecule has 0 rings (SSSR count). The molecule has 23 heavy (non-hydrogen) atoms. The number of thioether (sulfide) groups is 1. The molecule has 128 valence electrons. The molecule has 0 saturated heterocycles. The van der Waals surface area contributed by atoms with Gasteiger partial charge < -0.3 is 5.53 Å². The zero-order valence-corrected chi connectivity index (χ0v) is 15.8. The molecule has 0 aromatic rings. The molecule has 0 N–H and O–H groups in total. The van der Waals surface area contributed by atoms with Gasteiger partial charge in [0.05, 0.1) is 0 Å². The third-order valence-electron chi connectivity index (χ3n) is 3.37. The summed E-state index contributed by atoms with van der Waals surface area (Å²) in [6.07, 6.45) is 12.7. The maximum Gasteiger partial charge on any atom is 0.323 e. The van der Waals surface area contributed by atoms with E-state index in [0.717, 1.165) is 43.4 Å². The largest absolute Gasteiger partial charge is 0.361 e. The number of rotatable bonds is 12. The molecule has 0 spiro atoms. The van der Waals surface area contributed by atoms with Crippen molar-refractivity contribution in [3.63, 3.8) is 0 Å². The van der Waals surface area contributed by atoms with E-state index in [1.807, 2.05) is 0 Å². The summed E-state index contributed by atoms with van der Waals surface area (Å²) in [4.78, 5) is 13.8. The van der Waals surface area contributed by atoms with Crippen LogP contribution in [0.25, 0.3) is 5.53 Å². The van der Waals surface area contributed by atoms with Gasteiger partial charge in [-0.3, -0.25) is 4.79 Å². The monoisotopic (exact) mass is 334 g/mol. The lowest BCUT2D eigenvalue weighted by molar-refractivity contribution is -0.115. The molecule has 0 bridgehead atoms. The van der Waals surface area contributed by atoms with Gasteiger partial charge in [0, 0.05) is 17.9 Å². The smallest absolute Gasteiger partial charge is 0.323 e. The number of allylic oxidation sites excluding steroid dienone is 5. The fourth-order valence-corrected chi connectivity index (χ4v) is 2.84. The van der Waals surface area contributed by atoms with Crippen molar-refractivity contribution in [1.82, 2.24) is 0 Å². The molecule has 0 aromatic carbocycles. The van der Waals surface area contributed by atoms with E-state index in [9.17, 15) is 4.79 Å². The highest BCUT2D eigenvalue weighted by Gasteiger charge is 2.01. The minimum atomic E-state index is -0.130. The second kappa shape index (κ2) is 14.2. The molecular formula is C19H30N2OS. The number of hydrogen-bond donors (Lipinski definition) is 0. The van der Waals surface area contributed by atoms with E-state index in [0.29, 0.717) is 6.42 Å². The lowest BCUT2D eigenvalue weighted by Gasteiger charge is -2.02. The molecule has 0 aromatic heterocycles. The van der Waals surface area contributed by atoms with Gasteiger partial charge in [0.1, 0.15) is 0 Å². The molecule has 0 aliphatic heterocycles. The first-order valence-corrected chi connectivity index (χ1v) is 9.33. The van der Waals surface area contributed by atoms with Crippen LogP contribution < -0.4 is 0 Å². The van der Waals surface area contributed by atoms with E-state index in [-0.39, 0.29) is 5.78 Å². The van der Waals surface area contributed by atoms with Crippen molar-refractivity contribution in [3.8, 4) is 0 Å². The minimum absolute atomic E-state index is 0.130. The molecular weight excluding hydrogens is 304 g/mol. The summed E-state index contributed by atoms with van der Waals surface area (Å²) in [7, 11) is 0. The van der Waals surface area contributed by atoms with E-state index in [2.05, 4.69) is 50.7 Å². The molecule has 0 aliphatic rings. The number of carbonyl (C=O) groups is 1. The van der Waals surface area contributed by atoms with Crippen LogP contribution in [0, 0.1) is 0 Å². The molecule has 0 fully saturated rings. The SMILES string of the molecule is CC(C)=CCC/C(C)=C/CC/C(C)=C/CSCCC(=O)C=[N+]=[N-]. The van der Waals surface area contributed by atoms with Gasteiger partial charge in [-0.2, -0.15) is 16.6 Å². The summed E-state index contributed by atoms with van der Waals surface area (Å²) in [6.45, 7) is 8.65. The Morgan fingerprint density at radius 3 is 2.17 bits per heavy atom. The van der Waals surface area contributed by atoms with E-state index >= 15 is 0 Å². The standard InChI is InChI=1S/C19H30N2OS/c1-16(2)7-5-8-17(3)9-6-10-18(4)11-13-23-14-12-19(22)15-21-20/h7,9,11,15H,5-6,8,10,12-14H2,1-4H3/b17-9+,18-11+. The van der Waals surface area contributed by atoms with Crippen LogP contribution >= 0.6 is 11.8 Å². The van der Waals surface area contributed by atoms with Crippen molar-refractivity contribution < 1.29 is 9.58 Å². The third kappa shape index (κ3) is 15.3. The van der Waals surface area contributed by atoms with Crippen LogP contribution in [0.2, 0.25) is 0 Å². The normalized spacial score (nSPS) is 11.8. The van der Waals surface area contributed by atoms with Crippen LogP contribution in [-0.4, -0.2) is 28.3 Å². The van der Waals surface area contributed by atoms with Crippen LogP contribution in [0.3, 0.4) is 0 Å². The average molecular weight is 335 g/mol. The number of carbonyl (C=O) groups excluding carboxylic acids is 1. The highest BCUT2D eigenvalue weighted by Crippen LogP contribution is 2.12. The van der Waals surface area contributed by atoms with Crippen molar-refractivity contribution in [2.75, 3.05) is 11.5 Å². The Balaban J connectivity index is 3.83. The highest BCUT2D eigenvalue weighted by atomic mass is 32.2. The molecule has 0 atom stereocenters. The van der Waals surface area contributed by atoms with E-state index in [1.165, 1.54) is 16.7 Å². The Morgan fingerprint density at radius 1 is 0.957 bits per heavy atom. The third-order valence-corrected chi connectivity index (χ3v) is 4.26. The lowest BCUT2D eigenvalue weighted by Crippen LogP contribution is -2.01. The first-order chi connectivity index (χ1) is 11.0. The zero-order chi connectivity index (χ0) is 17.5. The molecule has 0 heterocycles. The lowest BCUT2D eigenvalue weighted by atomic mass is 10.1. The van der Waals surface area contributed by atoms with Gasteiger partial charge in [-0.15, -0.1) is 0 Å². The van der Waals surface area contributed by atoms with Gasteiger partial charge in [-0.05, 0) is 53.4 Å². The van der Waals surface area contributed by atoms with E-state index in [1.54, 1.807) is 11.8 Å². The quantitative estimate of drug-likeness (QED) is 0.158. The van der Waals surface area contributed by atoms with Crippen molar-refractivity contribution in [2.24, 2.45) is 0 Å². The fraction of sp³-hybridized carbons (Fsp3) is 0.579. The maximum atomic E-state index is 11.1. The number of Topliss-reactive ketones (excluding diaryl/α,β-unsaturated/α-hetero) is 1. The van der Waals surface area contributed by atoms with Gasteiger partial charge in [0.15, 0.2) is 0 Å². The topological polar surface area (TPSA) is 53.5 Å². The van der Waals surface area contributed by atoms with E-state index < -0.39 is 0 Å². The van der Waals surface area contributed by atoms with E-state index in [4.69, 9.17) is 5.53 Å². The Hall–Kier alpha value is -1.38.